The third kappa shape index (κ3) is 4.77. The molecule has 138 valence electrons. The summed E-state index contributed by atoms with van der Waals surface area (Å²) in [5, 5.41) is 13.0. The van der Waals surface area contributed by atoms with E-state index in [4.69, 9.17) is 0 Å². The first kappa shape index (κ1) is 18.7. The molecule has 0 aliphatic carbocycles. The Bertz CT molecular complexity index is 743. The van der Waals surface area contributed by atoms with Crippen molar-refractivity contribution in [2.75, 3.05) is 37.6 Å². The number of piperazine rings is 1. The average molecular weight is 418 g/mol. The van der Waals surface area contributed by atoms with Gasteiger partial charge in [0.2, 0.25) is 5.91 Å². The Morgan fingerprint density at radius 1 is 1.12 bits per heavy atom. The lowest BCUT2D eigenvalue weighted by Crippen LogP contribution is -2.49. The van der Waals surface area contributed by atoms with E-state index >= 15 is 0 Å². The van der Waals surface area contributed by atoms with Crippen molar-refractivity contribution in [2.45, 2.75) is 13.0 Å². The van der Waals surface area contributed by atoms with Gasteiger partial charge in [-0.25, -0.2) is 0 Å². The number of rotatable bonds is 5. The normalized spacial score (nSPS) is 16.3. The van der Waals surface area contributed by atoms with Crippen molar-refractivity contribution in [2.24, 2.45) is 0 Å². The highest BCUT2D eigenvalue weighted by Gasteiger charge is 2.21. The van der Waals surface area contributed by atoms with Crippen LogP contribution in [0, 0.1) is 0 Å². The van der Waals surface area contributed by atoms with Crippen LogP contribution >= 0.6 is 15.9 Å². The summed E-state index contributed by atoms with van der Waals surface area (Å²) in [6, 6.07) is 15.4. The standard InChI is InChI=1S/C20H24BrN3O2/c1-15(16-6-8-17(21)9-7-16)22-20(26)14-23-10-12-24(13-11-23)18-4-2-3-5-19(18)25/h2-9,15,25H,10-14H2,1H3,(H,22,26). The number of anilines is 1. The van der Waals surface area contributed by atoms with Gasteiger partial charge in [-0.3, -0.25) is 9.69 Å². The van der Waals surface area contributed by atoms with Gasteiger partial charge in [-0.2, -0.15) is 0 Å². The summed E-state index contributed by atoms with van der Waals surface area (Å²) in [6.07, 6.45) is 0. The lowest BCUT2D eigenvalue weighted by atomic mass is 10.1. The van der Waals surface area contributed by atoms with Crippen molar-refractivity contribution < 1.29 is 9.90 Å². The number of hydrogen-bond acceptors (Lipinski definition) is 4. The van der Waals surface area contributed by atoms with Crippen molar-refractivity contribution in [1.29, 1.82) is 0 Å². The number of hydrogen-bond donors (Lipinski definition) is 2. The van der Waals surface area contributed by atoms with E-state index in [9.17, 15) is 9.90 Å². The Morgan fingerprint density at radius 2 is 1.77 bits per heavy atom. The molecule has 1 saturated heterocycles. The highest BCUT2D eigenvalue weighted by atomic mass is 79.9. The Balaban J connectivity index is 1.47. The zero-order valence-electron chi connectivity index (χ0n) is 14.9. The summed E-state index contributed by atoms with van der Waals surface area (Å²) in [4.78, 5) is 16.7. The molecule has 2 aromatic rings. The number of nitrogens with zero attached hydrogens (tertiary/aromatic N) is 2. The summed E-state index contributed by atoms with van der Waals surface area (Å²) in [5.41, 5.74) is 1.95. The second-order valence-corrected chi connectivity index (χ2v) is 7.51. The van der Waals surface area contributed by atoms with Gasteiger partial charge >= 0.3 is 0 Å². The fraction of sp³-hybridized carbons (Fsp3) is 0.350. The summed E-state index contributed by atoms with van der Waals surface area (Å²) < 4.78 is 1.03. The van der Waals surface area contributed by atoms with Crippen molar-refractivity contribution in [3.63, 3.8) is 0 Å². The molecule has 5 nitrogen and oxygen atoms in total. The molecule has 1 unspecified atom stereocenters. The van der Waals surface area contributed by atoms with Gasteiger partial charge in [-0.15, -0.1) is 0 Å². The third-order valence-corrected chi connectivity index (χ3v) is 5.24. The number of carbonyl (C=O) groups is 1. The number of halogens is 1. The van der Waals surface area contributed by atoms with Crippen LogP contribution in [0.2, 0.25) is 0 Å². The van der Waals surface area contributed by atoms with Gasteiger partial charge < -0.3 is 15.3 Å². The van der Waals surface area contributed by atoms with Gasteiger partial charge in [-0.05, 0) is 36.8 Å². The number of phenolic OH excluding ortho intramolecular Hbond substituents is 1. The van der Waals surface area contributed by atoms with Crippen LogP contribution in [0.1, 0.15) is 18.5 Å². The molecule has 0 radical (unpaired) electrons. The Morgan fingerprint density at radius 3 is 2.42 bits per heavy atom. The highest BCUT2D eigenvalue weighted by Crippen LogP contribution is 2.27. The molecule has 1 amide bonds. The van der Waals surface area contributed by atoms with Crippen LogP contribution in [0.3, 0.4) is 0 Å². The summed E-state index contributed by atoms with van der Waals surface area (Å²) in [7, 11) is 0. The summed E-state index contributed by atoms with van der Waals surface area (Å²) >= 11 is 3.42. The Kier molecular flexibility index (Phi) is 6.16. The smallest absolute Gasteiger partial charge is 0.234 e. The number of para-hydroxylation sites is 2. The molecule has 2 aromatic carbocycles. The van der Waals surface area contributed by atoms with Crippen molar-refractivity contribution >= 4 is 27.5 Å². The van der Waals surface area contributed by atoms with Gasteiger partial charge in [0.05, 0.1) is 18.3 Å². The number of phenols is 1. The Hall–Kier alpha value is -2.05. The van der Waals surface area contributed by atoms with Crippen LogP contribution in [0.4, 0.5) is 5.69 Å². The molecule has 0 spiro atoms. The average Bonchev–Trinajstić information content (AvgIpc) is 2.63. The molecular weight excluding hydrogens is 394 g/mol. The van der Waals surface area contributed by atoms with E-state index < -0.39 is 0 Å². The van der Waals surface area contributed by atoms with Crippen molar-refractivity contribution in [3.05, 3.63) is 58.6 Å². The van der Waals surface area contributed by atoms with Crippen molar-refractivity contribution in [1.82, 2.24) is 10.2 Å². The second kappa shape index (κ2) is 8.56. The molecule has 1 heterocycles. The first-order chi connectivity index (χ1) is 12.5. The quantitative estimate of drug-likeness (QED) is 0.784. The molecule has 3 rings (SSSR count). The molecule has 1 fully saturated rings. The van der Waals surface area contributed by atoms with E-state index in [1.54, 1.807) is 6.07 Å². The maximum absolute atomic E-state index is 12.4. The number of nitrogens with one attached hydrogen (secondary N) is 1. The molecule has 0 bridgehead atoms. The topological polar surface area (TPSA) is 55.8 Å². The van der Waals surface area contributed by atoms with Crippen LogP contribution in [0.25, 0.3) is 0 Å². The number of amides is 1. The minimum atomic E-state index is -0.0156. The van der Waals surface area contributed by atoms with E-state index in [-0.39, 0.29) is 11.9 Å². The minimum absolute atomic E-state index is 0.0156. The van der Waals surface area contributed by atoms with Gasteiger partial charge in [0.1, 0.15) is 5.75 Å². The first-order valence-electron chi connectivity index (χ1n) is 8.83. The second-order valence-electron chi connectivity index (χ2n) is 6.59. The lowest BCUT2D eigenvalue weighted by Gasteiger charge is -2.36. The van der Waals surface area contributed by atoms with Crippen molar-refractivity contribution in [3.8, 4) is 5.75 Å². The molecule has 1 aliphatic rings. The van der Waals surface area contributed by atoms with E-state index in [0.29, 0.717) is 12.3 Å². The maximum Gasteiger partial charge on any atom is 0.234 e. The van der Waals surface area contributed by atoms with E-state index in [1.807, 2.05) is 49.4 Å². The van der Waals surface area contributed by atoms with E-state index in [1.165, 1.54) is 0 Å². The predicted molar refractivity (Wildman–Crippen MR) is 107 cm³/mol. The monoisotopic (exact) mass is 417 g/mol. The van der Waals surface area contributed by atoms with Gasteiger partial charge in [0.25, 0.3) is 0 Å². The maximum atomic E-state index is 12.4. The molecule has 0 saturated carbocycles. The van der Waals surface area contributed by atoms with Crippen LogP contribution in [-0.2, 0) is 4.79 Å². The van der Waals surface area contributed by atoms with Gasteiger partial charge in [0.15, 0.2) is 0 Å². The van der Waals surface area contributed by atoms with Gasteiger partial charge in [-0.1, -0.05) is 40.2 Å². The molecule has 1 atom stereocenters. The highest BCUT2D eigenvalue weighted by molar-refractivity contribution is 9.10. The predicted octanol–water partition coefficient (Wildman–Crippen LogP) is 3.15. The fourth-order valence-corrected chi connectivity index (χ4v) is 3.47. The van der Waals surface area contributed by atoms with Crippen LogP contribution in [0.15, 0.2) is 53.0 Å². The number of aromatic hydroxyl groups is 1. The molecule has 26 heavy (non-hydrogen) atoms. The number of benzene rings is 2. The van der Waals surface area contributed by atoms with Crippen LogP contribution in [0.5, 0.6) is 5.75 Å². The van der Waals surface area contributed by atoms with E-state index in [0.717, 1.165) is 41.9 Å². The van der Waals surface area contributed by atoms with Crippen LogP contribution in [-0.4, -0.2) is 48.6 Å². The fourth-order valence-electron chi connectivity index (χ4n) is 3.20. The Labute approximate surface area is 162 Å². The number of carbonyl (C=O) groups excluding carboxylic acids is 1. The zero-order valence-corrected chi connectivity index (χ0v) is 16.4. The molecule has 0 aromatic heterocycles. The first-order valence-corrected chi connectivity index (χ1v) is 9.62. The molecular formula is C20H24BrN3O2. The summed E-state index contributed by atoms with van der Waals surface area (Å²) in [5.74, 6) is 0.346. The molecule has 1 aliphatic heterocycles. The molecule has 6 heteroatoms. The van der Waals surface area contributed by atoms with Crippen LogP contribution < -0.4 is 10.2 Å². The largest absolute Gasteiger partial charge is 0.506 e. The van der Waals surface area contributed by atoms with Gasteiger partial charge in [0, 0.05) is 30.7 Å². The molecule has 2 N–H and O–H groups in total. The minimum Gasteiger partial charge on any atom is -0.506 e. The SMILES string of the molecule is CC(NC(=O)CN1CCN(c2ccccc2O)CC1)c1ccc(Br)cc1. The zero-order chi connectivity index (χ0) is 18.5. The summed E-state index contributed by atoms with van der Waals surface area (Å²) in [6.45, 7) is 5.59. The third-order valence-electron chi connectivity index (χ3n) is 4.71. The van der Waals surface area contributed by atoms with E-state index in [2.05, 4.69) is 31.0 Å². The lowest BCUT2D eigenvalue weighted by molar-refractivity contribution is -0.123.